The van der Waals surface area contributed by atoms with Crippen LogP contribution in [0, 0.1) is 16.0 Å². The molecule has 0 bridgehead atoms. The van der Waals surface area contributed by atoms with Gasteiger partial charge >= 0.3 is 5.97 Å². The number of carbonyl (C=O) groups is 1. The fraction of sp³-hybridized carbons (Fsp3) is 0.364. The summed E-state index contributed by atoms with van der Waals surface area (Å²) < 4.78 is 24.2. The van der Waals surface area contributed by atoms with Crippen LogP contribution in [0.2, 0.25) is 0 Å². The molecule has 0 aliphatic rings. The van der Waals surface area contributed by atoms with Crippen LogP contribution in [0.15, 0.2) is 22.7 Å². The van der Waals surface area contributed by atoms with Crippen LogP contribution in [-0.4, -0.2) is 30.2 Å². The van der Waals surface area contributed by atoms with Crippen molar-refractivity contribution >= 4 is 37.4 Å². The molecular weight excluding hydrogens is 354 g/mol. The van der Waals surface area contributed by atoms with Gasteiger partial charge in [-0.3, -0.25) is 14.9 Å². The first kappa shape index (κ1) is 16.6. The number of benzene rings is 1. The molecule has 1 aromatic rings. The second kappa shape index (κ2) is 6.31. The van der Waals surface area contributed by atoms with E-state index in [0.717, 1.165) is 0 Å². The molecule has 0 aliphatic carbocycles. The van der Waals surface area contributed by atoms with Crippen molar-refractivity contribution in [2.24, 2.45) is 5.92 Å². The Balaban J connectivity index is 3.04. The van der Waals surface area contributed by atoms with Gasteiger partial charge in [0.25, 0.3) is 5.69 Å². The first-order valence-corrected chi connectivity index (χ1v) is 8.10. The van der Waals surface area contributed by atoms with E-state index in [1.165, 1.54) is 25.1 Å². The molecule has 0 amide bonds. The van der Waals surface area contributed by atoms with E-state index in [9.17, 15) is 23.3 Å². The Kier molecular flexibility index (Phi) is 5.23. The van der Waals surface area contributed by atoms with Crippen LogP contribution in [0.5, 0.6) is 0 Å². The first-order valence-electron chi connectivity index (χ1n) is 5.48. The third kappa shape index (κ3) is 4.57. The predicted molar refractivity (Wildman–Crippen MR) is 75.1 cm³/mol. The van der Waals surface area contributed by atoms with E-state index < -0.39 is 38.2 Å². The largest absolute Gasteiger partial charge is 0.481 e. The molecule has 0 fully saturated rings. The van der Waals surface area contributed by atoms with Crippen LogP contribution >= 0.6 is 15.9 Å². The molecule has 0 heterocycles. The zero-order chi connectivity index (χ0) is 15.5. The first-order chi connectivity index (χ1) is 9.12. The number of rotatable bonds is 6. The summed E-state index contributed by atoms with van der Waals surface area (Å²) in [5, 5.41) is 19.6. The lowest BCUT2D eigenvalue weighted by atomic mass is 10.2. The summed E-state index contributed by atoms with van der Waals surface area (Å²) >= 11 is 3.07. The van der Waals surface area contributed by atoms with Gasteiger partial charge in [0, 0.05) is 16.1 Å². The fourth-order valence-electron chi connectivity index (χ4n) is 1.58. The molecular formula is C11H12BrNO6S. The molecule has 0 radical (unpaired) electrons. The molecule has 7 nitrogen and oxygen atoms in total. The van der Waals surface area contributed by atoms with E-state index >= 15 is 0 Å². The highest BCUT2D eigenvalue weighted by Gasteiger charge is 2.25. The number of nitro benzene ring substituents is 1. The van der Waals surface area contributed by atoms with Gasteiger partial charge in [0.1, 0.15) is 0 Å². The van der Waals surface area contributed by atoms with Gasteiger partial charge in [-0.25, -0.2) is 8.42 Å². The Morgan fingerprint density at radius 1 is 1.50 bits per heavy atom. The molecule has 0 spiro atoms. The molecule has 1 N–H and O–H groups in total. The van der Waals surface area contributed by atoms with Crippen LogP contribution < -0.4 is 0 Å². The van der Waals surface area contributed by atoms with E-state index in [0.29, 0.717) is 4.47 Å². The lowest BCUT2D eigenvalue weighted by molar-refractivity contribution is -0.385. The van der Waals surface area contributed by atoms with Gasteiger partial charge in [0.15, 0.2) is 9.84 Å². The van der Waals surface area contributed by atoms with Gasteiger partial charge in [-0.1, -0.05) is 28.9 Å². The Morgan fingerprint density at radius 3 is 2.60 bits per heavy atom. The molecule has 110 valence electrons. The standard InChI is InChI=1S/C11H12BrNO6S/c1-7(11(14)15)5-20(18,19)6-8-2-3-9(12)4-10(8)13(16)17/h2-4,7H,5-6H2,1H3,(H,14,15). The zero-order valence-electron chi connectivity index (χ0n) is 10.4. The third-order valence-corrected chi connectivity index (χ3v) is 4.80. The summed E-state index contributed by atoms with van der Waals surface area (Å²) in [7, 11) is -3.75. The normalized spacial score (nSPS) is 12.9. The lowest BCUT2D eigenvalue weighted by Gasteiger charge is -2.08. The summed E-state index contributed by atoms with van der Waals surface area (Å²) in [5.41, 5.74) is -0.276. The number of carboxylic acids is 1. The van der Waals surface area contributed by atoms with Gasteiger partial charge in [-0.15, -0.1) is 0 Å². The molecule has 0 aliphatic heterocycles. The van der Waals surface area contributed by atoms with E-state index in [2.05, 4.69) is 15.9 Å². The highest BCUT2D eigenvalue weighted by atomic mass is 79.9. The number of hydrogen-bond donors (Lipinski definition) is 1. The molecule has 1 unspecified atom stereocenters. The highest BCUT2D eigenvalue weighted by molar-refractivity contribution is 9.10. The Hall–Kier alpha value is -1.48. The van der Waals surface area contributed by atoms with Crippen molar-refractivity contribution < 1.29 is 23.2 Å². The van der Waals surface area contributed by atoms with Crippen LogP contribution in [0.1, 0.15) is 12.5 Å². The van der Waals surface area contributed by atoms with Crippen molar-refractivity contribution in [2.45, 2.75) is 12.7 Å². The third-order valence-electron chi connectivity index (χ3n) is 2.54. The smallest absolute Gasteiger partial charge is 0.307 e. The number of halogens is 1. The van der Waals surface area contributed by atoms with Crippen LogP contribution in [-0.2, 0) is 20.4 Å². The SMILES string of the molecule is CC(CS(=O)(=O)Cc1ccc(Br)cc1[N+](=O)[O-])C(=O)O. The maximum absolute atomic E-state index is 11.9. The molecule has 1 rings (SSSR count). The lowest BCUT2D eigenvalue weighted by Crippen LogP contribution is -2.22. The number of nitrogens with zero attached hydrogens (tertiary/aromatic N) is 1. The van der Waals surface area contributed by atoms with E-state index in [1.54, 1.807) is 0 Å². The van der Waals surface area contributed by atoms with Crippen LogP contribution in [0.25, 0.3) is 0 Å². The second-order valence-electron chi connectivity index (χ2n) is 4.32. The van der Waals surface area contributed by atoms with Crippen molar-refractivity contribution in [1.29, 1.82) is 0 Å². The molecule has 20 heavy (non-hydrogen) atoms. The van der Waals surface area contributed by atoms with Crippen LogP contribution in [0.4, 0.5) is 5.69 Å². The topological polar surface area (TPSA) is 115 Å². The minimum atomic E-state index is -3.75. The average molecular weight is 366 g/mol. The van der Waals surface area contributed by atoms with E-state index in [1.807, 2.05) is 0 Å². The maximum atomic E-state index is 11.9. The summed E-state index contributed by atoms with van der Waals surface area (Å²) in [4.78, 5) is 20.9. The summed E-state index contributed by atoms with van der Waals surface area (Å²) in [6.07, 6.45) is 0. The minimum absolute atomic E-state index is 0.0378. The van der Waals surface area contributed by atoms with Gasteiger partial charge in [0.2, 0.25) is 0 Å². The molecule has 1 atom stereocenters. The summed E-state index contributed by atoms with van der Waals surface area (Å²) in [6, 6.07) is 4.05. The number of nitro groups is 1. The van der Waals surface area contributed by atoms with Crippen molar-refractivity contribution in [3.63, 3.8) is 0 Å². The van der Waals surface area contributed by atoms with Crippen molar-refractivity contribution in [3.05, 3.63) is 38.3 Å². The summed E-state index contributed by atoms with van der Waals surface area (Å²) in [5.74, 6) is -3.41. The molecule has 1 aromatic carbocycles. The Bertz CT molecular complexity index is 642. The van der Waals surface area contributed by atoms with E-state index in [-0.39, 0.29) is 11.3 Å². The van der Waals surface area contributed by atoms with Gasteiger partial charge in [-0.05, 0) is 6.07 Å². The molecule has 9 heteroatoms. The molecule has 0 saturated heterocycles. The average Bonchev–Trinajstić information content (AvgIpc) is 2.30. The predicted octanol–water partition coefficient (Wildman–Crippen LogP) is 1.99. The maximum Gasteiger partial charge on any atom is 0.307 e. The highest BCUT2D eigenvalue weighted by Crippen LogP contribution is 2.25. The molecule has 0 aromatic heterocycles. The van der Waals surface area contributed by atoms with Crippen molar-refractivity contribution in [2.75, 3.05) is 5.75 Å². The van der Waals surface area contributed by atoms with Gasteiger partial charge < -0.3 is 5.11 Å². The minimum Gasteiger partial charge on any atom is -0.481 e. The van der Waals surface area contributed by atoms with Crippen molar-refractivity contribution in [3.8, 4) is 0 Å². The summed E-state index contributed by atoms with van der Waals surface area (Å²) in [6.45, 7) is 1.27. The quantitative estimate of drug-likeness (QED) is 0.608. The Morgan fingerprint density at radius 2 is 2.10 bits per heavy atom. The zero-order valence-corrected chi connectivity index (χ0v) is 12.8. The van der Waals surface area contributed by atoms with Gasteiger partial charge in [0.05, 0.1) is 22.3 Å². The molecule has 0 saturated carbocycles. The number of carboxylic acid groups (broad SMARTS) is 1. The van der Waals surface area contributed by atoms with Crippen molar-refractivity contribution in [1.82, 2.24) is 0 Å². The van der Waals surface area contributed by atoms with Gasteiger partial charge in [-0.2, -0.15) is 0 Å². The Labute approximate surface area is 123 Å². The van der Waals surface area contributed by atoms with Crippen LogP contribution in [0.3, 0.4) is 0 Å². The second-order valence-corrected chi connectivity index (χ2v) is 7.35. The number of hydrogen-bond acceptors (Lipinski definition) is 5. The fourth-order valence-corrected chi connectivity index (χ4v) is 3.67. The number of aliphatic carboxylic acids is 1. The number of sulfone groups is 1. The van der Waals surface area contributed by atoms with E-state index in [4.69, 9.17) is 5.11 Å². The monoisotopic (exact) mass is 365 g/mol.